The van der Waals surface area contributed by atoms with E-state index in [1.807, 2.05) is 45.0 Å². The number of para-hydroxylation sites is 2. The minimum absolute atomic E-state index is 0.0530. The van der Waals surface area contributed by atoms with E-state index in [0.717, 1.165) is 34.2 Å². The average molecular weight is 542 g/mol. The number of alkyl carbamates (subject to hydrolysis) is 1. The Morgan fingerprint density at radius 2 is 1.97 bits per heavy atom. The molecule has 0 unspecified atom stereocenters. The zero-order chi connectivity index (χ0) is 24.6. The van der Waals surface area contributed by atoms with Gasteiger partial charge in [0.25, 0.3) is 0 Å². The first-order valence-corrected chi connectivity index (χ1v) is 12.4. The number of amides is 1. The topological polar surface area (TPSA) is 125 Å². The molecule has 5 rings (SSSR count). The molecule has 1 amide bonds. The summed E-state index contributed by atoms with van der Waals surface area (Å²) in [5, 5.41) is 10.7. The first-order valence-electron chi connectivity index (χ1n) is 11.6. The summed E-state index contributed by atoms with van der Waals surface area (Å²) in [6.45, 7) is 7.46. The number of anilines is 2. The van der Waals surface area contributed by atoms with E-state index in [4.69, 9.17) is 14.7 Å². The highest BCUT2D eigenvalue weighted by atomic mass is 79.9. The fourth-order valence-corrected chi connectivity index (χ4v) is 4.39. The van der Waals surface area contributed by atoms with Crippen LogP contribution in [0.15, 0.2) is 34.9 Å². The summed E-state index contributed by atoms with van der Waals surface area (Å²) >= 11 is 3.54. The minimum atomic E-state index is -0.515. The molecule has 1 aliphatic heterocycles. The maximum Gasteiger partial charge on any atom is 0.407 e. The lowest BCUT2D eigenvalue weighted by Crippen LogP contribution is -2.46. The highest BCUT2D eigenvalue weighted by Crippen LogP contribution is 2.24. The molecule has 184 valence electrons. The molecule has 11 nitrogen and oxygen atoms in total. The summed E-state index contributed by atoms with van der Waals surface area (Å²) in [7, 11) is 0. The number of nitrogens with zero attached hydrogens (tertiary/aromatic N) is 6. The number of nitrogens with one attached hydrogen (secondary N) is 3. The number of benzene rings is 1. The molecular formula is C23H28BrN9O2. The van der Waals surface area contributed by atoms with Crippen molar-refractivity contribution in [2.45, 2.75) is 51.8 Å². The summed E-state index contributed by atoms with van der Waals surface area (Å²) in [5.74, 6) is 1.99. The van der Waals surface area contributed by atoms with Gasteiger partial charge in [0.2, 0.25) is 11.9 Å². The van der Waals surface area contributed by atoms with Gasteiger partial charge in [-0.25, -0.2) is 9.78 Å². The second kappa shape index (κ2) is 9.33. The van der Waals surface area contributed by atoms with Crippen molar-refractivity contribution in [1.82, 2.24) is 34.9 Å². The van der Waals surface area contributed by atoms with Crippen molar-refractivity contribution in [3.63, 3.8) is 0 Å². The summed E-state index contributed by atoms with van der Waals surface area (Å²) in [6.07, 6.45) is 2.87. The SMILES string of the molecule is CC(C)(C)OC(=O)NC1CCN(c2nc(NCc3nc4ccccc4[nH]3)n3ncc(Br)c3n2)CC1. The lowest BCUT2D eigenvalue weighted by molar-refractivity contribution is 0.0497. The van der Waals surface area contributed by atoms with Gasteiger partial charge in [-0.15, -0.1) is 0 Å². The number of halogens is 1. The number of H-pyrrole nitrogens is 1. The van der Waals surface area contributed by atoms with E-state index in [9.17, 15) is 4.79 Å². The Morgan fingerprint density at radius 1 is 1.20 bits per heavy atom. The van der Waals surface area contributed by atoms with Gasteiger partial charge in [0.05, 0.1) is 28.2 Å². The molecule has 0 bridgehead atoms. The van der Waals surface area contributed by atoms with E-state index in [0.29, 0.717) is 37.2 Å². The molecule has 1 fully saturated rings. The molecule has 0 radical (unpaired) electrons. The molecule has 12 heteroatoms. The van der Waals surface area contributed by atoms with Crippen molar-refractivity contribution in [3.05, 3.63) is 40.8 Å². The number of rotatable bonds is 5. The monoisotopic (exact) mass is 541 g/mol. The van der Waals surface area contributed by atoms with Gasteiger partial charge in [-0.2, -0.15) is 19.6 Å². The van der Waals surface area contributed by atoms with Gasteiger partial charge < -0.3 is 25.3 Å². The van der Waals surface area contributed by atoms with Gasteiger partial charge in [-0.1, -0.05) is 12.1 Å². The lowest BCUT2D eigenvalue weighted by Gasteiger charge is -2.33. The van der Waals surface area contributed by atoms with Crippen LogP contribution in [-0.2, 0) is 11.3 Å². The van der Waals surface area contributed by atoms with Crippen molar-refractivity contribution in [3.8, 4) is 0 Å². The number of ether oxygens (including phenoxy) is 1. The van der Waals surface area contributed by atoms with Crippen molar-refractivity contribution < 1.29 is 9.53 Å². The van der Waals surface area contributed by atoms with E-state index < -0.39 is 5.60 Å². The van der Waals surface area contributed by atoms with Gasteiger partial charge in [0.15, 0.2) is 5.65 Å². The van der Waals surface area contributed by atoms with E-state index >= 15 is 0 Å². The molecule has 0 aliphatic carbocycles. The third-order valence-corrected chi connectivity index (χ3v) is 6.22. The van der Waals surface area contributed by atoms with Crippen LogP contribution in [0.5, 0.6) is 0 Å². The summed E-state index contributed by atoms with van der Waals surface area (Å²) in [4.78, 5) is 31.7. The van der Waals surface area contributed by atoms with Crippen LogP contribution in [0.2, 0.25) is 0 Å². The number of hydrogen-bond donors (Lipinski definition) is 3. The summed E-state index contributed by atoms with van der Waals surface area (Å²) in [5.41, 5.74) is 2.07. The van der Waals surface area contributed by atoms with Crippen molar-refractivity contribution in [1.29, 1.82) is 0 Å². The Labute approximate surface area is 210 Å². The van der Waals surface area contributed by atoms with E-state index in [1.165, 1.54) is 0 Å². The molecule has 0 atom stereocenters. The highest BCUT2D eigenvalue weighted by Gasteiger charge is 2.26. The zero-order valence-electron chi connectivity index (χ0n) is 19.9. The molecule has 0 spiro atoms. The zero-order valence-corrected chi connectivity index (χ0v) is 21.5. The lowest BCUT2D eigenvalue weighted by atomic mass is 10.1. The van der Waals surface area contributed by atoms with Gasteiger partial charge in [-0.3, -0.25) is 0 Å². The van der Waals surface area contributed by atoms with Crippen molar-refractivity contribution in [2.24, 2.45) is 0 Å². The van der Waals surface area contributed by atoms with Crippen LogP contribution in [0.25, 0.3) is 16.7 Å². The molecule has 1 aliphatic rings. The Hall–Kier alpha value is -3.41. The third-order valence-electron chi connectivity index (χ3n) is 5.66. The van der Waals surface area contributed by atoms with Crippen LogP contribution < -0.4 is 15.5 Å². The fraction of sp³-hybridized carbons (Fsp3) is 0.435. The van der Waals surface area contributed by atoms with Gasteiger partial charge >= 0.3 is 6.09 Å². The fourth-order valence-electron chi connectivity index (χ4n) is 4.05. The molecule has 0 saturated carbocycles. The first-order chi connectivity index (χ1) is 16.7. The van der Waals surface area contributed by atoms with Crippen LogP contribution >= 0.6 is 15.9 Å². The van der Waals surface area contributed by atoms with E-state index in [2.05, 4.69) is 46.5 Å². The minimum Gasteiger partial charge on any atom is -0.444 e. The average Bonchev–Trinajstić information content (AvgIpc) is 3.40. The van der Waals surface area contributed by atoms with Crippen LogP contribution in [0.1, 0.15) is 39.4 Å². The number of carbonyl (C=O) groups is 1. The number of piperidine rings is 1. The van der Waals surface area contributed by atoms with Crippen LogP contribution in [0, 0.1) is 0 Å². The largest absolute Gasteiger partial charge is 0.444 e. The molecule has 1 aromatic carbocycles. The first kappa shape index (κ1) is 23.3. The second-order valence-electron chi connectivity index (χ2n) is 9.54. The van der Waals surface area contributed by atoms with Gasteiger partial charge in [0.1, 0.15) is 11.4 Å². The summed E-state index contributed by atoms with van der Waals surface area (Å²) < 4.78 is 7.84. The van der Waals surface area contributed by atoms with E-state index in [1.54, 1.807) is 10.7 Å². The van der Waals surface area contributed by atoms with Crippen LogP contribution in [-0.4, -0.2) is 60.4 Å². The smallest absolute Gasteiger partial charge is 0.407 e. The Balaban J connectivity index is 1.29. The van der Waals surface area contributed by atoms with Gasteiger partial charge in [0, 0.05) is 19.1 Å². The molecule has 3 N–H and O–H groups in total. The number of imidazole rings is 1. The third kappa shape index (κ3) is 5.31. The number of fused-ring (bicyclic) bond motifs is 2. The quantitative estimate of drug-likeness (QED) is 0.347. The molecule has 4 heterocycles. The van der Waals surface area contributed by atoms with E-state index in [-0.39, 0.29) is 12.1 Å². The molecule has 1 saturated heterocycles. The van der Waals surface area contributed by atoms with Crippen LogP contribution in [0.4, 0.5) is 16.7 Å². The Bertz CT molecular complexity index is 1320. The predicted octanol–water partition coefficient (Wildman–Crippen LogP) is 3.87. The maximum atomic E-state index is 12.1. The Morgan fingerprint density at radius 3 is 2.71 bits per heavy atom. The number of aromatic nitrogens is 6. The van der Waals surface area contributed by atoms with Crippen molar-refractivity contribution >= 4 is 50.6 Å². The molecular weight excluding hydrogens is 514 g/mol. The number of carbonyl (C=O) groups excluding carboxylic acids is 1. The second-order valence-corrected chi connectivity index (χ2v) is 10.4. The number of aromatic amines is 1. The normalized spacial score (nSPS) is 15.0. The summed E-state index contributed by atoms with van der Waals surface area (Å²) in [6, 6.07) is 7.97. The highest BCUT2D eigenvalue weighted by molar-refractivity contribution is 9.10. The van der Waals surface area contributed by atoms with Crippen LogP contribution in [0.3, 0.4) is 0 Å². The molecule has 35 heavy (non-hydrogen) atoms. The molecule has 4 aromatic rings. The standard InChI is InChI=1S/C23H28BrN9O2/c1-23(2,3)35-22(34)27-14-8-10-32(11-9-14)21-30-19-15(24)12-26-33(19)20(31-21)25-13-18-28-16-6-4-5-7-17(16)29-18/h4-7,12,14H,8-11,13H2,1-3H3,(H,27,34)(H,28,29)(H,25,30,31). The predicted molar refractivity (Wildman–Crippen MR) is 137 cm³/mol. The maximum absolute atomic E-state index is 12.1. The number of hydrogen-bond acceptors (Lipinski definition) is 8. The molecule has 3 aromatic heterocycles. The van der Waals surface area contributed by atoms with Crippen molar-refractivity contribution in [2.75, 3.05) is 23.3 Å². The van der Waals surface area contributed by atoms with Gasteiger partial charge in [-0.05, 0) is 61.7 Å². The Kier molecular flexibility index (Phi) is 6.22.